The van der Waals surface area contributed by atoms with Crippen molar-refractivity contribution in [2.45, 2.75) is 32.1 Å². The van der Waals surface area contributed by atoms with Gasteiger partial charge in [0.05, 0.1) is 7.11 Å². The highest BCUT2D eigenvalue weighted by Gasteiger charge is 1.98. The van der Waals surface area contributed by atoms with Gasteiger partial charge in [-0.15, -0.1) is 0 Å². The van der Waals surface area contributed by atoms with Crippen LogP contribution in [-0.4, -0.2) is 17.4 Å². The molecule has 0 rings (SSSR count). The molecule has 0 saturated carbocycles. The van der Waals surface area contributed by atoms with Crippen LogP contribution in [0, 0.1) is 0 Å². The summed E-state index contributed by atoms with van der Waals surface area (Å²) >= 11 is 2.37. The minimum atomic E-state index is -0.0213. The quantitative estimate of drug-likeness (QED) is 0.336. The van der Waals surface area contributed by atoms with Crippen molar-refractivity contribution in [2.24, 2.45) is 0 Å². The van der Waals surface area contributed by atoms with Crippen molar-refractivity contribution in [2.75, 3.05) is 11.5 Å². The number of alkyl halides is 1. The molecule has 0 heterocycles. The number of nitrogens with one attached hydrogen (secondary N) is 1. The summed E-state index contributed by atoms with van der Waals surface area (Å²) in [7, 11) is 1.45. The lowest BCUT2D eigenvalue weighted by atomic mass is 10.1. The van der Waals surface area contributed by atoms with E-state index >= 15 is 0 Å². The number of halogens is 1. The highest BCUT2D eigenvalue weighted by atomic mass is 127. The molecule has 0 saturated heterocycles. The summed E-state index contributed by atoms with van der Waals surface area (Å²) < 4.78 is 1.21. The molecule has 0 aliphatic carbocycles. The number of unbranched alkanes of at least 4 members (excludes halogenated alkanes) is 3. The Morgan fingerprint density at radius 3 is 2.58 bits per heavy atom. The first-order valence-corrected chi connectivity index (χ1v) is 5.71. The number of amides is 1. The van der Waals surface area contributed by atoms with Crippen LogP contribution in [0.2, 0.25) is 0 Å². The molecule has 0 fully saturated rings. The van der Waals surface area contributed by atoms with Gasteiger partial charge in [-0.05, 0) is 17.3 Å². The Bertz CT molecular complexity index is 120. The molecule has 1 N–H and O–H groups in total. The van der Waals surface area contributed by atoms with Crippen molar-refractivity contribution in [3.8, 4) is 0 Å². The maximum absolute atomic E-state index is 10.8. The monoisotopic (exact) mass is 285 g/mol. The summed E-state index contributed by atoms with van der Waals surface area (Å²) in [6.45, 7) is 0. The van der Waals surface area contributed by atoms with Crippen LogP contribution in [0.4, 0.5) is 0 Å². The van der Waals surface area contributed by atoms with Crippen LogP contribution < -0.4 is 5.48 Å². The van der Waals surface area contributed by atoms with Gasteiger partial charge in [0.15, 0.2) is 0 Å². The number of hydrogen-bond donors (Lipinski definition) is 1. The first-order valence-electron chi connectivity index (χ1n) is 4.19. The van der Waals surface area contributed by atoms with Crippen molar-refractivity contribution in [1.29, 1.82) is 0 Å². The summed E-state index contributed by atoms with van der Waals surface area (Å²) in [4.78, 5) is 15.3. The topological polar surface area (TPSA) is 38.3 Å². The van der Waals surface area contributed by atoms with Crippen molar-refractivity contribution >= 4 is 28.5 Å². The molecule has 0 aliphatic rings. The largest absolute Gasteiger partial charge is 0.277 e. The predicted molar refractivity (Wildman–Crippen MR) is 57.1 cm³/mol. The van der Waals surface area contributed by atoms with Crippen LogP contribution in [0.5, 0.6) is 0 Å². The molecule has 1 amide bonds. The Balaban J connectivity index is 3.03. The van der Waals surface area contributed by atoms with Crippen molar-refractivity contribution < 1.29 is 9.63 Å². The standard InChI is InChI=1S/C8H16INO2/c1-12-10-8(11)6-4-2-3-5-7-9/h2-7H2,1H3,(H,10,11). The van der Waals surface area contributed by atoms with E-state index in [4.69, 9.17) is 0 Å². The summed E-state index contributed by atoms with van der Waals surface area (Å²) in [6, 6.07) is 0. The second-order valence-corrected chi connectivity index (χ2v) is 3.66. The highest BCUT2D eigenvalue weighted by molar-refractivity contribution is 14.1. The third kappa shape index (κ3) is 8.26. The summed E-state index contributed by atoms with van der Waals surface area (Å²) in [5.41, 5.74) is 2.30. The van der Waals surface area contributed by atoms with Gasteiger partial charge in [0.2, 0.25) is 5.91 Å². The average Bonchev–Trinajstić information content (AvgIpc) is 2.05. The molecule has 4 heteroatoms. The van der Waals surface area contributed by atoms with Crippen molar-refractivity contribution in [3.63, 3.8) is 0 Å². The van der Waals surface area contributed by atoms with Crippen LogP contribution in [0.25, 0.3) is 0 Å². The number of hydrogen-bond acceptors (Lipinski definition) is 2. The van der Waals surface area contributed by atoms with Gasteiger partial charge in [0, 0.05) is 6.42 Å². The van der Waals surface area contributed by atoms with Gasteiger partial charge in [0.1, 0.15) is 0 Å². The van der Waals surface area contributed by atoms with Crippen LogP contribution in [0.1, 0.15) is 32.1 Å². The fraction of sp³-hybridized carbons (Fsp3) is 0.875. The van der Waals surface area contributed by atoms with E-state index in [1.54, 1.807) is 0 Å². The molecule has 12 heavy (non-hydrogen) atoms. The highest BCUT2D eigenvalue weighted by Crippen LogP contribution is 2.04. The molecule has 0 aromatic rings. The number of hydroxylamine groups is 1. The molecule has 0 spiro atoms. The van der Waals surface area contributed by atoms with Crippen molar-refractivity contribution in [3.05, 3.63) is 0 Å². The molecule has 0 bridgehead atoms. The van der Waals surface area contributed by atoms with E-state index in [9.17, 15) is 4.79 Å². The van der Waals surface area contributed by atoms with E-state index < -0.39 is 0 Å². The zero-order chi connectivity index (χ0) is 9.23. The van der Waals surface area contributed by atoms with Gasteiger partial charge in [-0.1, -0.05) is 35.4 Å². The predicted octanol–water partition coefficient (Wildman–Crippen LogP) is 2.05. The third-order valence-electron chi connectivity index (χ3n) is 1.50. The Kier molecular flexibility index (Phi) is 9.37. The minimum absolute atomic E-state index is 0.0213. The summed E-state index contributed by atoms with van der Waals surface area (Å²) in [6.07, 6.45) is 5.16. The van der Waals surface area contributed by atoms with Gasteiger partial charge in [-0.25, -0.2) is 5.48 Å². The smallest absolute Gasteiger partial charge is 0.243 e. The fourth-order valence-corrected chi connectivity index (χ4v) is 1.44. The molecule has 3 nitrogen and oxygen atoms in total. The third-order valence-corrected chi connectivity index (χ3v) is 2.27. The van der Waals surface area contributed by atoms with E-state index in [0.717, 1.165) is 12.8 Å². The lowest BCUT2D eigenvalue weighted by molar-refractivity contribution is -0.131. The van der Waals surface area contributed by atoms with Gasteiger partial charge >= 0.3 is 0 Å². The zero-order valence-corrected chi connectivity index (χ0v) is 9.59. The molecular formula is C8H16INO2. The number of carbonyl (C=O) groups is 1. The van der Waals surface area contributed by atoms with E-state index in [-0.39, 0.29) is 5.91 Å². The Morgan fingerprint density at radius 2 is 2.00 bits per heavy atom. The molecular weight excluding hydrogens is 269 g/mol. The van der Waals surface area contributed by atoms with E-state index in [1.807, 2.05) is 0 Å². The maximum atomic E-state index is 10.8. The Hall–Kier alpha value is 0.160. The normalized spacial score (nSPS) is 9.83. The summed E-state index contributed by atoms with van der Waals surface area (Å²) in [5.74, 6) is -0.0213. The molecule has 0 aliphatic heterocycles. The lowest BCUT2D eigenvalue weighted by Crippen LogP contribution is -2.21. The summed E-state index contributed by atoms with van der Waals surface area (Å²) in [5, 5.41) is 0. The second-order valence-electron chi connectivity index (χ2n) is 2.58. The number of rotatable bonds is 7. The van der Waals surface area contributed by atoms with E-state index in [1.165, 1.54) is 24.4 Å². The van der Waals surface area contributed by atoms with Crippen LogP contribution >= 0.6 is 22.6 Å². The zero-order valence-electron chi connectivity index (χ0n) is 7.44. The van der Waals surface area contributed by atoms with Crippen molar-refractivity contribution in [1.82, 2.24) is 5.48 Å². The average molecular weight is 285 g/mol. The Morgan fingerprint density at radius 1 is 1.33 bits per heavy atom. The number of carbonyl (C=O) groups excluding carboxylic acids is 1. The Labute approximate surface area is 87.3 Å². The SMILES string of the molecule is CONC(=O)CCCCCCI. The van der Waals surface area contributed by atoms with Gasteiger partial charge < -0.3 is 0 Å². The minimum Gasteiger partial charge on any atom is -0.277 e. The first kappa shape index (κ1) is 12.2. The van der Waals surface area contributed by atoms with Crippen LogP contribution in [0.3, 0.4) is 0 Å². The van der Waals surface area contributed by atoms with Gasteiger partial charge in [-0.3, -0.25) is 9.63 Å². The second kappa shape index (κ2) is 9.25. The molecule has 0 aromatic carbocycles. The van der Waals surface area contributed by atoms with E-state index in [2.05, 4.69) is 32.9 Å². The van der Waals surface area contributed by atoms with Gasteiger partial charge in [0.25, 0.3) is 0 Å². The molecule has 0 atom stereocenters. The maximum Gasteiger partial charge on any atom is 0.243 e. The molecule has 0 radical (unpaired) electrons. The van der Waals surface area contributed by atoms with Gasteiger partial charge in [-0.2, -0.15) is 0 Å². The molecule has 0 aromatic heterocycles. The first-order chi connectivity index (χ1) is 5.81. The molecule has 0 unspecified atom stereocenters. The van der Waals surface area contributed by atoms with E-state index in [0.29, 0.717) is 6.42 Å². The molecule has 72 valence electrons. The fourth-order valence-electron chi connectivity index (χ4n) is 0.898. The lowest BCUT2D eigenvalue weighted by Gasteiger charge is -2.00. The van der Waals surface area contributed by atoms with Crippen LogP contribution in [-0.2, 0) is 9.63 Å². The van der Waals surface area contributed by atoms with Crippen LogP contribution in [0.15, 0.2) is 0 Å².